The van der Waals surface area contributed by atoms with Gasteiger partial charge in [-0.25, -0.2) is 4.79 Å². The number of rotatable bonds is 8. The molecule has 1 aliphatic carbocycles. The van der Waals surface area contributed by atoms with Crippen LogP contribution in [0.25, 0.3) is 0 Å². The van der Waals surface area contributed by atoms with Crippen molar-refractivity contribution in [3.63, 3.8) is 0 Å². The molecule has 0 aliphatic heterocycles. The van der Waals surface area contributed by atoms with Crippen LogP contribution in [0.5, 0.6) is 5.75 Å². The summed E-state index contributed by atoms with van der Waals surface area (Å²) >= 11 is 2.76. The number of amides is 1. The van der Waals surface area contributed by atoms with Gasteiger partial charge in [-0.05, 0) is 55.9 Å². The van der Waals surface area contributed by atoms with Crippen LogP contribution in [-0.2, 0) is 36.0 Å². The molecule has 0 saturated carbocycles. The van der Waals surface area contributed by atoms with Crippen molar-refractivity contribution in [1.82, 2.24) is 14.8 Å². The Labute approximate surface area is 200 Å². The first-order valence-corrected chi connectivity index (χ1v) is 12.5. The average molecular weight is 487 g/mol. The molecule has 2 aromatic heterocycles. The maximum atomic E-state index is 12.7. The minimum Gasteiger partial charge on any atom is -0.486 e. The van der Waals surface area contributed by atoms with Crippen molar-refractivity contribution in [2.24, 2.45) is 7.05 Å². The zero-order chi connectivity index (χ0) is 23.4. The summed E-state index contributed by atoms with van der Waals surface area (Å²) in [5, 5.41) is 12.5. The number of anilines is 1. The van der Waals surface area contributed by atoms with E-state index in [4.69, 9.17) is 9.47 Å². The number of ether oxygens (including phenoxy) is 2. The highest BCUT2D eigenvalue weighted by molar-refractivity contribution is 7.99. The number of aryl methyl sites for hydroxylation is 2. The summed E-state index contributed by atoms with van der Waals surface area (Å²) in [5.41, 5.74) is 2.65. The second-order valence-corrected chi connectivity index (χ2v) is 9.85. The van der Waals surface area contributed by atoms with E-state index in [1.807, 2.05) is 42.8 Å². The number of hydrogen-bond acceptors (Lipinski definition) is 8. The van der Waals surface area contributed by atoms with E-state index in [1.165, 1.54) is 30.2 Å². The highest BCUT2D eigenvalue weighted by Crippen LogP contribution is 2.38. The van der Waals surface area contributed by atoms with Gasteiger partial charge in [-0.15, -0.1) is 21.5 Å². The van der Waals surface area contributed by atoms with E-state index in [-0.39, 0.29) is 18.3 Å². The third-order valence-corrected chi connectivity index (χ3v) is 7.66. The molecule has 10 heteroatoms. The number of hydrogen-bond donors (Lipinski definition) is 1. The Balaban J connectivity index is 1.37. The van der Waals surface area contributed by atoms with Crippen LogP contribution in [0.3, 0.4) is 0 Å². The fourth-order valence-electron chi connectivity index (χ4n) is 3.71. The molecule has 1 aromatic carbocycles. The number of methoxy groups -OCH3 is 1. The second-order valence-electron chi connectivity index (χ2n) is 7.81. The highest BCUT2D eigenvalue weighted by Gasteiger charge is 2.27. The van der Waals surface area contributed by atoms with E-state index < -0.39 is 5.97 Å². The lowest BCUT2D eigenvalue weighted by atomic mass is 9.95. The van der Waals surface area contributed by atoms with Gasteiger partial charge >= 0.3 is 5.97 Å². The van der Waals surface area contributed by atoms with Crippen molar-refractivity contribution in [3.05, 3.63) is 51.7 Å². The standard InChI is InChI=1S/C23H26N4O4S2/c1-14-7-6-8-15(11-14)31-12-18-25-26-23(27(18)2)32-13-19(28)24-21-20(22(29)30-3)16-9-4-5-10-17(16)33-21/h6-8,11H,4-5,9-10,12-13H2,1-3H3,(H,24,28). The second kappa shape index (κ2) is 10.4. The van der Waals surface area contributed by atoms with Crippen molar-refractivity contribution >= 4 is 40.0 Å². The fraction of sp³-hybridized carbons (Fsp3) is 0.391. The largest absolute Gasteiger partial charge is 0.486 e. The van der Waals surface area contributed by atoms with E-state index in [0.29, 0.717) is 21.5 Å². The van der Waals surface area contributed by atoms with E-state index >= 15 is 0 Å². The molecule has 1 N–H and O–H groups in total. The number of carbonyl (C=O) groups excluding carboxylic acids is 2. The first-order valence-electron chi connectivity index (χ1n) is 10.7. The summed E-state index contributed by atoms with van der Waals surface area (Å²) in [6.45, 7) is 2.29. The van der Waals surface area contributed by atoms with Crippen molar-refractivity contribution in [2.75, 3.05) is 18.2 Å². The minimum absolute atomic E-state index is 0.147. The molecule has 2 heterocycles. The smallest absolute Gasteiger partial charge is 0.341 e. The first-order chi connectivity index (χ1) is 16.0. The average Bonchev–Trinajstić information content (AvgIpc) is 3.35. The van der Waals surface area contributed by atoms with E-state index in [9.17, 15) is 9.59 Å². The molecule has 33 heavy (non-hydrogen) atoms. The Morgan fingerprint density at radius 2 is 2.06 bits per heavy atom. The summed E-state index contributed by atoms with van der Waals surface area (Å²) in [6.07, 6.45) is 3.91. The lowest BCUT2D eigenvalue weighted by Gasteiger charge is -2.11. The highest BCUT2D eigenvalue weighted by atomic mass is 32.2. The van der Waals surface area contributed by atoms with Crippen molar-refractivity contribution in [3.8, 4) is 5.75 Å². The van der Waals surface area contributed by atoms with Gasteiger partial charge in [0, 0.05) is 11.9 Å². The quantitative estimate of drug-likeness (QED) is 0.377. The number of nitrogens with one attached hydrogen (secondary N) is 1. The molecule has 1 amide bonds. The molecule has 3 aromatic rings. The molecule has 0 spiro atoms. The number of thiophene rings is 1. The number of nitrogens with zero attached hydrogens (tertiary/aromatic N) is 3. The van der Waals surface area contributed by atoms with Gasteiger partial charge < -0.3 is 19.4 Å². The molecule has 1 aliphatic rings. The van der Waals surface area contributed by atoms with Crippen LogP contribution in [-0.4, -0.2) is 39.5 Å². The summed E-state index contributed by atoms with van der Waals surface area (Å²) in [6, 6.07) is 7.81. The van der Waals surface area contributed by atoms with Crippen LogP contribution >= 0.6 is 23.1 Å². The molecular weight excluding hydrogens is 460 g/mol. The Kier molecular flexibility index (Phi) is 7.34. The zero-order valence-corrected chi connectivity index (χ0v) is 20.5. The number of carbonyl (C=O) groups is 2. The Morgan fingerprint density at radius 1 is 1.24 bits per heavy atom. The van der Waals surface area contributed by atoms with Crippen LogP contribution in [0.4, 0.5) is 5.00 Å². The summed E-state index contributed by atoms with van der Waals surface area (Å²) in [4.78, 5) is 26.2. The third-order valence-electron chi connectivity index (χ3n) is 5.43. The molecule has 8 nitrogen and oxygen atoms in total. The van der Waals surface area contributed by atoms with Gasteiger partial charge in [0.2, 0.25) is 5.91 Å². The van der Waals surface area contributed by atoms with Gasteiger partial charge in [-0.2, -0.15) is 0 Å². The van der Waals surface area contributed by atoms with Gasteiger partial charge in [-0.1, -0.05) is 23.9 Å². The van der Waals surface area contributed by atoms with E-state index in [0.717, 1.165) is 47.4 Å². The third kappa shape index (κ3) is 5.39. The Morgan fingerprint density at radius 3 is 2.85 bits per heavy atom. The van der Waals surface area contributed by atoms with Gasteiger partial charge in [0.25, 0.3) is 0 Å². The van der Waals surface area contributed by atoms with Crippen molar-refractivity contribution in [2.45, 2.75) is 44.4 Å². The first kappa shape index (κ1) is 23.3. The Bertz CT molecular complexity index is 1170. The number of thioether (sulfide) groups is 1. The Hall–Kier alpha value is -2.85. The minimum atomic E-state index is -0.399. The summed E-state index contributed by atoms with van der Waals surface area (Å²) in [7, 11) is 3.21. The normalized spacial score (nSPS) is 12.8. The monoisotopic (exact) mass is 486 g/mol. The van der Waals surface area contributed by atoms with E-state index in [1.54, 1.807) is 0 Å². The number of fused-ring (bicyclic) bond motifs is 1. The van der Waals surface area contributed by atoms with Gasteiger partial charge in [0.05, 0.1) is 18.4 Å². The van der Waals surface area contributed by atoms with Crippen LogP contribution in [0.1, 0.15) is 45.0 Å². The molecule has 0 unspecified atom stereocenters. The molecule has 0 fully saturated rings. The molecule has 0 saturated heterocycles. The number of benzene rings is 1. The SMILES string of the molecule is COC(=O)c1c(NC(=O)CSc2nnc(COc3cccc(C)c3)n2C)sc2c1CCCC2. The lowest BCUT2D eigenvalue weighted by molar-refractivity contribution is -0.113. The number of aromatic nitrogens is 3. The van der Waals surface area contributed by atoms with Crippen molar-refractivity contribution < 1.29 is 19.1 Å². The van der Waals surface area contributed by atoms with Crippen LogP contribution in [0, 0.1) is 6.92 Å². The zero-order valence-electron chi connectivity index (χ0n) is 18.8. The van der Waals surface area contributed by atoms with Gasteiger partial charge in [0.1, 0.15) is 17.4 Å². The lowest BCUT2D eigenvalue weighted by Crippen LogP contribution is -2.17. The molecule has 4 rings (SSSR count). The molecule has 0 radical (unpaired) electrons. The van der Waals surface area contributed by atoms with Crippen molar-refractivity contribution in [1.29, 1.82) is 0 Å². The molecule has 174 valence electrons. The number of esters is 1. The topological polar surface area (TPSA) is 95.3 Å². The fourth-order valence-corrected chi connectivity index (χ4v) is 5.74. The van der Waals surface area contributed by atoms with Crippen LogP contribution < -0.4 is 10.1 Å². The summed E-state index contributed by atoms with van der Waals surface area (Å²) in [5.74, 6) is 0.978. The van der Waals surface area contributed by atoms with Gasteiger partial charge in [0.15, 0.2) is 11.0 Å². The predicted octanol–water partition coefficient (Wildman–Crippen LogP) is 4.16. The van der Waals surface area contributed by atoms with Crippen LogP contribution in [0.2, 0.25) is 0 Å². The maximum absolute atomic E-state index is 12.7. The molecular formula is C23H26N4O4S2. The summed E-state index contributed by atoms with van der Waals surface area (Å²) < 4.78 is 12.6. The molecule has 0 atom stereocenters. The predicted molar refractivity (Wildman–Crippen MR) is 128 cm³/mol. The molecule has 0 bridgehead atoms. The van der Waals surface area contributed by atoms with E-state index in [2.05, 4.69) is 15.5 Å². The maximum Gasteiger partial charge on any atom is 0.341 e. The van der Waals surface area contributed by atoms with Gasteiger partial charge in [-0.3, -0.25) is 4.79 Å². The van der Waals surface area contributed by atoms with Crippen LogP contribution in [0.15, 0.2) is 29.4 Å².